The van der Waals surface area contributed by atoms with Crippen LogP contribution in [0.2, 0.25) is 0 Å². The molecule has 6 nitrogen and oxygen atoms in total. The van der Waals surface area contributed by atoms with Gasteiger partial charge >= 0.3 is 0 Å². The minimum Gasteiger partial charge on any atom is -0.508 e. The SMILES string of the molecule is Cc1cc(C)c(S(=O)(=O)N(Cc2cccc(O)c2)c2ccc(C=CC(=O)NC(c3ccccc3)c3ccccc3)cc2)c(C)c1. The van der Waals surface area contributed by atoms with Gasteiger partial charge in [-0.25, -0.2) is 8.42 Å². The number of benzene rings is 5. The molecular formula is C38H36N2O4S. The summed E-state index contributed by atoms with van der Waals surface area (Å²) < 4.78 is 29.8. The van der Waals surface area contributed by atoms with Gasteiger partial charge in [-0.05, 0) is 84.5 Å². The number of rotatable bonds is 10. The third-order valence-electron chi connectivity index (χ3n) is 7.55. The van der Waals surface area contributed by atoms with Crippen LogP contribution in [-0.2, 0) is 21.4 Å². The van der Waals surface area contributed by atoms with E-state index in [1.54, 1.807) is 68.5 Å². The van der Waals surface area contributed by atoms with Gasteiger partial charge < -0.3 is 10.4 Å². The van der Waals surface area contributed by atoms with Gasteiger partial charge in [-0.2, -0.15) is 0 Å². The Morgan fingerprint density at radius 2 is 1.36 bits per heavy atom. The number of nitrogens with one attached hydrogen (secondary N) is 1. The van der Waals surface area contributed by atoms with E-state index < -0.39 is 10.0 Å². The third-order valence-corrected chi connectivity index (χ3v) is 9.63. The van der Waals surface area contributed by atoms with Crippen LogP contribution in [0.4, 0.5) is 5.69 Å². The summed E-state index contributed by atoms with van der Waals surface area (Å²) in [5.41, 5.74) is 6.13. The van der Waals surface area contributed by atoms with Crippen molar-refractivity contribution in [2.45, 2.75) is 38.3 Å². The lowest BCUT2D eigenvalue weighted by atomic mass is 9.98. The van der Waals surface area contributed by atoms with Crippen LogP contribution in [0.1, 0.15) is 45.0 Å². The summed E-state index contributed by atoms with van der Waals surface area (Å²) in [6, 6.07) is 36.6. The number of amides is 1. The lowest BCUT2D eigenvalue weighted by molar-refractivity contribution is -0.116. The number of carbonyl (C=O) groups excluding carboxylic acids is 1. The fourth-order valence-corrected chi connectivity index (χ4v) is 7.45. The van der Waals surface area contributed by atoms with Crippen LogP contribution >= 0.6 is 0 Å². The molecule has 0 aromatic heterocycles. The molecule has 228 valence electrons. The fourth-order valence-electron chi connectivity index (χ4n) is 5.58. The zero-order valence-corrected chi connectivity index (χ0v) is 26.3. The standard InChI is InChI=1S/C38H36N2O4S/c1-27-23-28(2)38(29(3)24-27)45(43,44)40(26-31-11-10-16-35(41)25-31)34-20-17-30(18-21-34)19-22-36(42)39-37(32-12-6-4-7-13-32)33-14-8-5-9-15-33/h4-25,37,41H,26H2,1-3H3,(H,39,42). The predicted octanol–water partition coefficient (Wildman–Crippen LogP) is 7.63. The van der Waals surface area contributed by atoms with Gasteiger partial charge in [0.1, 0.15) is 5.75 Å². The molecular weight excluding hydrogens is 580 g/mol. The van der Waals surface area contributed by atoms with Crippen molar-refractivity contribution in [2.75, 3.05) is 4.31 Å². The Hall–Kier alpha value is -5.14. The second-order valence-corrected chi connectivity index (χ2v) is 12.9. The zero-order chi connectivity index (χ0) is 32.0. The molecule has 0 bridgehead atoms. The van der Waals surface area contributed by atoms with E-state index in [2.05, 4.69) is 5.32 Å². The number of aromatic hydroxyl groups is 1. The fraction of sp³-hybridized carbons (Fsp3) is 0.132. The first kappa shape index (κ1) is 31.3. The van der Waals surface area contributed by atoms with Crippen LogP contribution in [0.3, 0.4) is 0 Å². The molecule has 0 spiro atoms. The molecule has 45 heavy (non-hydrogen) atoms. The van der Waals surface area contributed by atoms with Crippen molar-refractivity contribution in [1.82, 2.24) is 5.32 Å². The monoisotopic (exact) mass is 616 g/mol. The maximum atomic E-state index is 14.2. The van der Waals surface area contributed by atoms with Crippen LogP contribution in [0.25, 0.3) is 6.08 Å². The molecule has 1 amide bonds. The number of carbonyl (C=O) groups is 1. The molecule has 0 fully saturated rings. The van der Waals surface area contributed by atoms with Crippen molar-refractivity contribution < 1.29 is 18.3 Å². The topological polar surface area (TPSA) is 86.7 Å². The number of phenols is 1. The summed E-state index contributed by atoms with van der Waals surface area (Å²) in [4.78, 5) is 13.3. The van der Waals surface area contributed by atoms with Gasteiger partial charge in [0.2, 0.25) is 5.91 Å². The number of nitrogens with zero attached hydrogens (tertiary/aromatic N) is 1. The number of phenolic OH excluding ortho intramolecular Hbond substituents is 1. The van der Waals surface area contributed by atoms with Crippen molar-refractivity contribution in [2.24, 2.45) is 0 Å². The Morgan fingerprint density at radius 3 is 1.91 bits per heavy atom. The highest BCUT2D eigenvalue weighted by Crippen LogP contribution is 2.31. The van der Waals surface area contributed by atoms with Gasteiger partial charge in [0.25, 0.3) is 10.0 Å². The minimum atomic E-state index is -3.98. The van der Waals surface area contributed by atoms with Crippen molar-refractivity contribution >= 4 is 27.7 Å². The molecule has 5 rings (SSSR count). The molecule has 0 unspecified atom stereocenters. The van der Waals surface area contributed by atoms with Crippen molar-refractivity contribution in [3.63, 3.8) is 0 Å². The van der Waals surface area contributed by atoms with Gasteiger partial charge in [0, 0.05) is 6.08 Å². The van der Waals surface area contributed by atoms with E-state index in [9.17, 15) is 18.3 Å². The number of hydrogen-bond donors (Lipinski definition) is 2. The molecule has 0 heterocycles. The molecule has 0 atom stereocenters. The first-order chi connectivity index (χ1) is 21.6. The zero-order valence-electron chi connectivity index (χ0n) is 25.5. The first-order valence-corrected chi connectivity index (χ1v) is 16.1. The Balaban J connectivity index is 1.41. The molecule has 0 saturated carbocycles. The highest BCUT2D eigenvalue weighted by molar-refractivity contribution is 7.92. The largest absolute Gasteiger partial charge is 0.508 e. The maximum Gasteiger partial charge on any atom is 0.265 e. The molecule has 0 aliphatic heterocycles. The quantitative estimate of drug-likeness (QED) is 0.158. The van der Waals surface area contributed by atoms with E-state index in [-0.39, 0.29) is 29.1 Å². The maximum absolute atomic E-state index is 14.2. The highest BCUT2D eigenvalue weighted by Gasteiger charge is 2.29. The number of anilines is 1. The third kappa shape index (κ3) is 7.51. The van der Waals surface area contributed by atoms with Crippen LogP contribution < -0.4 is 9.62 Å². The summed E-state index contributed by atoms with van der Waals surface area (Å²) in [6.07, 6.45) is 3.18. The Bertz CT molecular complexity index is 1860. The highest BCUT2D eigenvalue weighted by atomic mass is 32.2. The van der Waals surface area contributed by atoms with Crippen LogP contribution in [0, 0.1) is 20.8 Å². The number of hydrogen-bond acceptors (Lipinski definition) is 4. The van der Waals surface area contributed by atoms with Gasteiger partial charge in [0.15, 0.2) is 0 Å². The van der Waals surface area contributed by atoms with Gasteiger partial charge in [0.05, 0.1) is 23.2 Å². The molecule has 7 heteroatoms. The first-order valence-electron chi connectivity index (χ1n) is 14.7. The molecule has 0 radical (unpaired) electrons. The molecule has 0 saturated heterocycles. The van der Waals surface area contributed by atoms with Gasteiger partial charge in [-0.3, -0.25) is 9.10 Å². The smallest absolute Gasteiger partial charge is 0.265 e. The van der Waals surface area contributed by atoms with E-state index in [1.807, 2.05) is 79.7 Å². The minimum absolute atomic E-state index is 0.0292. The van der Waals surface area contributed by atoms with Crippen LogP contribution in [0.15, 0.2) is 132 Å². The average molecular weight is 617 g/mol. The Morgan fingerprint density at radius 1 is 0.778 bits per heavy atom. The van der Waals surface area contributed by atoms with Crippen LogP contribution in [0.5, 0.6) is 5.75 Å². The summed E-state index contributed by atoms with van der Waals surface area (Å²) in [5.74, 6) is -0.191. The summed E-state index contributed by atoms with van der Waals surface area (Å²) in [5, 5.41) is 13.2. The van der Waals surface area contributed by atoms with E-state index in [1.165, 1.54) is 10.4 Å². The lowest BCUT2D eigenvalue weighted by Gasteiger charge is -2.27. The van der Waals surface area contributed by atoms with Gasteiger partial charge in [-0.15, -0.1) is 0 Å². The van der Waals surface area contributed by atoms with Gasteiger partial charge in [-0.1, -0.05) is 103 Å². The van der Waals surface area contributed by atoms with Crippen molar-refractivity contribution in [3.05, 3.63) is 166 Å². The Labute approximate surface area is 265 Å². The normalized spacial score (nSPS) is 11.6. The van der Waals surface area contributed by atoms with E-state index >= 15 is 0 Å². The molecule has 2 N–H and O–H groups in total. The number of aryl methyl sites for hydroxylation is 3. The van der Waals surface area contributed by atoms with Crippen molar-refractivity contribution in [3.8, 4) is 5.75 Å². The summed E-state index contributed by atoms with van der Waals surface area (Å²) in [6.45, 7) is 5.58. The lowest BCUT2D eigenvalue weighted by Crippen LogP contribution is -2.31. The second-order valence-electron chi connectivity index (χ2n) is 11.1. The van der Waals surface area contributed by atoms with E-state index in [0.717, 1.165) is 22.3 Å². The van der Waals surface area contributed by atoms with E-state index in [4.69, 9.17) is 0 Å². The summed E-state index contributed by atoms with van der Waals surface area (Å²) in [7, 11) is -3.98. The van der Waals surface area contributed by atoms with E-state index in [0.29, 0.717) is 22.4 Å². The Kier molecular flexibility index (Phi) is 9.50. The number of sulfonamides is 1. The van der Waals surface area contributed by atoms with Crippen LogP contribution in [-0.4, -0.2) is 19.4 Å². The molecule has 5 aromatic carbocycles. The molecule has 5 aromatic rings. The molecule has 0 aliphatic carbocycles. The second kappa shape index (κ2) is 13.7. The molecule has 0 aliphatic rings. The predicted molar refractivity (Wildman–Crippen MR) is 180 cm³/mol. The van der Waals surface area contributed by atoms with Crippen molar-refractivity contribution in [1.29, 1.82) is 0 Å². The summed E-state index contributed by atoms with van der Waals surface area (Å²) >= 11 is 0. The average Bonchev–Trinajstić information content (AvgIpc) is 3.02.